The fourth-order valence-electron chi connectivity index (χ4n) is 2.96. The fraction of sp³-hybridized carbons (Fsp3) is 0.467. The van der Waals surface area contributed by atoms with E-state index in [0.717, 1.165) is 0 Å². The predicted molar refractivity (Wildman–Crippen MR) is 72.8 cm³/mol. The molecule has 0 amide bonds. The van der Waals surface area contributed by atoms with E-state index in [1.807, 2.05) is 0 Å². The minimum Gasteiger partial charge on any atom is -0.0654 e. The van der Waals surface area contributed by atoms with Crippen LogP contribution in [0.2, 0.25) is 0 Å². The maximum Gasteiger partial charge on any atom is 0.0285 e. The Bertz CT molecular complexity index is 469. The number of allylic oxidation sites excluding steroid dienone is 1. The molecule has 0 aliphatic heterocycles. The van der Waals surface area contributed by atoms with Gasteiger partial charge in [-0.1, -0.05) is 24.6 Å². The Morgan fingerprint density at radius 3 is 2.81 bits per heavy atom. The van der Waals surface area contributed by atoms with Gasteiger partial charge in [0, 0.05) is 4.47 Å². The average Bonchev–Trinajstić information content (AvgIpc) is 2.73. The van der Waals surface area contributed by atoms with E-state index in [-0.39, 0.29) is 0 Å². The molecule has 0 saturated heterocycles. The van der Waals surface area contributed by atoms with Gasteiger partial charge in [0.1, 0.15) is 0 Å². The van der Waals surface area contributed by atoms with Crippen LogP contribution in [0.3, 0.4) is 0 Å². The van der Waals surface area contributed by atoms with E-state index < -0.39 is 0 Å². The van der Waals surface area contributed by atoms with Crippen molar-refractivity contribution in [2.24, 2.45) is 0 Å². The van der Waals surface area contributed by atoms with Crippen LogP contribution in [0.5, 0.6) is 0 Å². The molecule has 0 bridgehead atoms. The maximum atomic E-state index is 3.83. The van der Waals surface area contributed by atoms with Crippen molar-refractivity contribution >= 4 is 22.0 Å². The van der Waals surface area contributed by atoms with Gasteiger partial charge >= 0.3 is 0 Å². The second kappa shape index (κ2) is 4.03. The van der Waals surface area contributed by atoms with E-state index in [0.29, 0.717) is 0 Å². The van der Waals surface area contributed by atoms with E-state index in [1.165, 1.54) is 48.6 Å². The Kier molecular flexibility index (Phi) is 2.67. The summed E-state index contributed by atoms with van der Waals surface area (Å²) in [6.07, 6.45) is 10.0. The second-order valence-electron chi connectivity index (χ2n) is 4.94. The lowest BCUT2D eigenvalue weighted by molar-refractivity contribution is 0.682. The van der Waals surface area contributed by atoms with Crippen molar-refractivity contribution in [3.63, 3.8) is 0 Å². The van der Waals surface area contributed by atoms with Gasteiger partial charge in [0.05, 0.1) is 0 Å². The van der Waals surface area contributed by atoms with Gasteiger partial charge in [0.15, 0.2) is 0 Å². The summed E-state index contributed by atoms with van der Waals surface area (Å²) in [5.74, 6) is 0. The van der Waals surface area contributed by atoms with Crippen LogP contribution in [0.1, 0.15) is 48.4 Å². The molecular formula is C15H17Br. The van der Waals surface area contributed by atoms with Crippen molar-refractivity contribution in [2.45, 2.75) is 45.4 Å². The topological polar surface area (TPSA) is 0 Å². The van der Waals surface area contributed by atoms with Crippen LogP contribution >= 0.6 is 15.9 Å². The minimum absolute atomic E-state index is 1.18. The molecule has 0 radical (unpaired) electrons. The lowest BCUT2D eigenvalue weighted by atomic mass is 9.88. The quantitative estimate of drug-likeness (QED) is 0.699. The zero-order valence-corrected chi connectivity index (χ0v) is 11.4. The standard InChI is InChI=1S/C15H17Br/c1-2-10-7-12-9-11-5-3-4-6-13(11)15(16)14(12)8-10/h8-9H,2-7H2,1H3. The Morgan fingerprint density at radius 1 is 1.19 bits per heavy atom. The lowest BCUT2D eigenvalue weighted by Crippen LogP contribution is -2.05. The fourth-order valence-corrected chi connectivity index (χ4v) is 3.78. The third-order valence-corrected chi connectivity index (χ3v) is 4.83. The molecule has 0 heterocycles. The van der Waals surface area contributed by atoms with Crippen molar-refractivity contribution in [1.82, 2.24) is 0 Å². The molecule has 1 aromatic carbocycles. The van der Waals surface area contributed by atoms with E-state index >= 15 is 0 Å². The van der Waals surface area contributed by atoms with Gasteiger partial charge in [-0.15, -0.1) is 0 Å². The summed E-state index contributed by atoms with van der Waals surface area (Å²) in [6, 6.07) is 2.47. The van der Waals surface area contributed by atoms with Crippen LogP contribution in [-0.2, 0) is 19.3 Å². The van der Waals surface area contributed by atoms with Crippen LogP contribution in [0.4, 0.5) is 0 Å². The number of rotatable bonds is 1. The number of aryl methyl sites for hydroxylation is 1. The van der Waals surface area contributed by atoms with E-state index in [2.05, 4.69) is 35.0 Å². The molecule has 0 nitrogen and oxygen atoms in total. The first-order chi connectivity index (χ1) is 7.79. The molecule has 0 fully saturated rings. The lowest BCUT2D eigenvalue weighted by Gasteiger charge is -2.19. The third kappa shape index (κ3) is 1.57. The molecule has 1 heteroatoms. The summed E-state index contributed by atoms with van der Waals surface area (Å²) in [7, 11) is 0. The van der Waals surface area contributed by atoms with Gasteiger partial charge in [-0.2, -0.15) is 0 Å². The molecule has 84 valence electrons. The highest BCUT2D eigenvalue weighted by Gasteiger charge is 2.21. The summed E-state index contributed by atoms with van der Waals surface area (Å²) in [4.78, 5) is 0. The first kappa shape index (κ1) is 10.6. The third-order valence-electron chi connectivity index (χ3n) is 3.93. The Morgan fingerprint density at radius 2 is 2.00 bits per heavy atom. The Balaban J connectivity index is 2.13. The first-order valence-corrected chi connectivity index (χ1v) is 7.11. The van der Waals surface area contributed by atoms with Crippen molar-refractivity contribution < 1.29 is 0 Å². The highest BCUT2D eigenvalue weighted by Crippen LogP contribution is 2.39. The number of halogens is 1. The summed E-state index contributed by atoms with van der Waals surface area (Å²) in [5, 5.41) is 0. The molecule has 0 spiro atoms. The van der Waals surface area contributed by atoms with E-state index in [1.54, 1.807) is 22.3 Å². The second-order valence-corrected chi connectivity index (χ2v) is 5.73. The largest absolute Gasteiger partial charge is 0.0654 e. The molecule has 2 aliphatic rings. The van der Waals surface area contributed by atoms with Gasteiger partial charge < -0.3 is 0 Å². The van der Waals surface area contributed by atoms with E-state index in [9.17, 15) is 0 Å². The predicted octanol–water partition coefficient (Wildman–Crippen LogP) is 4.68. The van der Waals surface area contributed by atoms with Crippen LogP contribution in [0, 0.1) is 0 Å². The molecule has 0 atom stereocenters. The van der Waals surface area contributed by atoms with Gasteiger partial charge in [0.25, 0.3) is 0 Å². The molecule has 1 aromatic rings. The van der Waals surface area contributed by atoms with Crippen LogP contribution < -0.4 is 0 Å². The summed E-state index contributed by atoms with van der Waals surface area (Å²) < 4.78 is 1.39. The molecule has 0 saturated carbocycles. The first-order valence-electron chi connectivity index (χ1n) is 6.32. The molecular weight excluding hydrogens is 260 g/mol. The van der Waals surface area contributed by atoms with Crippen LogP contribution in [0.25, 0.3) is 6.08 Å². The normalized spacial score (nSPS) is 18.0. The molecule has 2 aliphatic carbocycles. The molecule has 16 heavy (non-hydrogen) atoms. The summed E-state index contributed by atoms with van der Waals surface area (Å²) >= 11 is 3.83. The smallest absolute Gasteiger partial charge is 0.0285 e. The molecule has 0 unspecified atom stereocenters. The van der Waals surface area contributed by atoms with Crippen molar-refractivity contribution in [3.05, 3.63) is 38.4 Å². The summed E-state index contributed by atoms with van der Waals surface area (Å²) in [6.45, 7) is 2.26. The number of benzene rings is 1. The monoisotopic (exact) mass is 276 g/mol. The molecule has 0 aromatic heterocycles. The number of fused-ring (bicyclic) bond motifs is 2. The Labute approximate surface area is 106 Å². The van der Waals surface area contributed by atoms with Crippen molar-refractivity contribution in [1.29, 1.82) is 0 Å². The summed E-state index contributed by atoms with van der Waals surface area (Å²) in [5.41, 5.74) is 7.78. The number of hydrogen-bond acceptors (Lipinski definition) is 0. The minimum atomic E-state index is 1.18. The highest BCUT2D eigenvalue weighted by molar-refractivity contribution is 9.10. The molecule has 3 rings (SSSR count). The maximum absolute atomic E-state index is 3.83. The average molecular weight is 277 g/mol. The van der Waals surface area contributed by atoms with Gasteiger partial charge in [0.2, 0.25) is 0 Å². The number of hydrogen-bond donors (Lipinski definition) is 0. The van der Waals surface area contributed by atoms with E-state index in [4.69, 9.17) is 0 Å². The highest BCUT2D eigenvalue weighted by atomic mass is 79.9. The van der Waals surface area contributed by atoms with Crippen molar-refractivity contribution in [2.75, 3.05) is 0 Å². The molecule has 0 N–H and O–H groups in total. The van der Waals surface area contributed by atoms with Gasteiger partial charge in [-0.3, -0.25) is 0 Å². The van der Waals surface area contributed by atoms with Crippen LogP contribution in [0.15, 0.2) is 16.1 Å². The van der Waals surface area contributed by atoms with Crippen molar-refractivity contribution in [3.8, 4) is 0 Å². The zero-order chi connectivity index (χ0) is 11.1. The zero-order valence-electron chi connectivity index (χ0n) is 9.78. The van der Waals surface area contributed by atoms with Gasteiger partial charge in [-0.05, 0) is 76.7 Å². The Hall–Kier alpha value is -0.560. The van der Waals surface area contributed by atoms with Crippen LogP contribution in [-0.4, -0.2) is 0 Å². The van der Waals surface area contributed by atoms with Gasteiger partial charge in [-0.25, -0.2) is 0 Å². The SMILES string of the molecule is CCC1=Cc2c(cc3c(c2Br)CCCC3)C1.